The summed E-state index contributed by atoms with van der Waals surface area (Å²) >= 11 is 6.18. The second-order valence-electron chi connectivity index (χ2n) is 8.62. The Morgan fingerprint density at radius 2 is 2.00 bits per heavy atom. The molecule has 1 aliphatic heterocycles. The van der Waals surface area contributed by atoms with E-state index in [1.165, 1.54) is 16.8 Å². The minimum Gasteiger partial charge on any atom is -0.382 e. The number of fused-ring (bicyclic) bond motifs is 1. The zero-order valence-corrected chi connectivity index (χ0v) is 20.2. The van der Waals surface area contributed by atoms with Crippen LogP contribution in [0, 0.1) is 5.82 Å². The van der Waals surface area contributed by atoms with Crippen LogP contribution in [0.1, 0.15) is 5.56 Å². The van der Waals surface area contributed by atoms with E-state index >= 15 is 4.39 Å². The highest BCUT2D eigenvalue weighted by atomic mass is 35.5. The number of hydrogen-bond acceptors (Lipinski definition) is 5. The number of halogens is 2. The van der Waals surface area contributed by atoms with Crippen molar-refractivity contribution in [1.82, 2.24) is 19.4 Å². The van der Waals surface area contributed by atoms with Gasteiger partial charge in [-0.3, -0.25) is 9.36 Å². The molecule has 5 rings (SSSR count). The standard InChI is InChI=1S/C26H25ClFN5O2/c1-31(2)16-24(17-4-3-5-18(27)10-17)33-15-23(28)20(12-25(33)34)22-14-30-26-21(22)11-19(13-29-26)32-6-8-35-9-7-32/h3-5,10-16H,6-9H2,1-2H3,(H,29,30)/b24-16-. The van der Waals surface area contributed by atoms with Crippen LogP contribution in [0.5, 0.6) is 0 Å². The van der Waals surface area contributed by atoms with Gasteiger partial charge in [0, 0.05) is 78.9 Å². The van der Waals surface area contributed by atoms with E-state index < -0.39 is 5.82 Å². The van der Waals surface area contributed by atoms with Crippen LogP contribution in [0.2, 0.25) is 5.02 Å². The average Bonchev–Trinajstić information content (AvgIpc) is 3.27. The molecule has 7 nitrogen and oxygen atoms in total. The van der Waals surface area contributed by atoms with Gasteiger partial charge in [-0.25, -0.2) is 9.37 Å². The largest absolute Gasteiger partial charge is 0.382 e. The number of morpholine rings is 1. The van der Waals surface area contributed by atoms with E-state index in [0.717, 1.165) is 24.2 Å². The van der Waals surface area contributed by atoms with Crippen molar-refractivity contribution < 1.29 is 9.13 Å². The highest BCUT2D eigenvalue weighted by molar-refractivity contribution is 6.30. The molecule has 0 unspecified atom stereocenters. The SMILES string of the molecule is CN(C)/C=C(/c1cccc(Cl)c1)n1cc(F)c(-c2c[nH]c3ncc(N4CCOCC4)cc23)cc1=O. The lowest BCUT2D eigenvalue weighted by molar-refractivity contribution is 0.122. The van der Waals surface area contributed by atoms with Gasteiger partial charge in [0.05, 0.1) is 30.8 Å². The summed E-state index contributed by atoms with van der Waals surface area (Å²) in [7, 11) is 3.68. The zero-order valence-electron chi connectivity index (χ0n) is 19.5. The number of hydrogen-bond donors (Lipinski definition) is 1. The number of aromatic amines is 1. The van der Waals surface area contributed by atoms with Crippen LogP contribution in [0.25, 0.3) is 27.9 Å². The lowest BCUT2D eigenvalue weighted by Gasteiger charge is -2.28. The van der Waals surface area contributed by atoms with Crippen LogP contribution in [0.4, 0.5) is 10.1 Å². The fourth-order valence-corrected chi connectivity index (χ4v) is 4.47. The fourth-order valence-electron chi connectivity index (χ4n) is 4.28. The topological polar surface area (TPSA) is 66.4 Å². The van der Waals surface area contributed by atoms with E-state index in [0.29, 0.717) is 40.7 Å². The minimum absolute atomic E-state index is 0.216. The molecule has 180 valence electrons. The van der Waals surface area contributed by atoms with Crippen LogP contribution >= 0.6 is 11.6 Å². The van der Waals surface area contributed by atoms with Crippen LogP contribution in [-0.2, 0) is 4.74 Å². The summed E-state index contributed by atoms with van der Waals surface area (Å²) in [5, 5.41) is 1.28. The second kappa shape index (κ2) is 9.56. The predicted molar refractivity (Wildman–Crippen MR) is 137 cm³/mol. The summed E-state index contributed by atoms with van der Waals surface area (Å²) in [5.41, 5.74) is 3.23. The Hall–Kier alpha value is -3.62. The van der Waals surface area contributed by atoms with Gasteiger partial charge in [0.2, 0.25) is 0 Å². The summed E-state index contributed by atoms with van der Waals surface area (Å²) in [5.74, 6) is -0.519. The van der Waals surface area contributed by atoms with Gasteiger partial charge in [0.15, 0.2) is 0 Å². The number of rotatable bonds is 5. The molecule has 3 aromatic heterocycles. The van der Waals surface area contributed by atoms with Gasteiger partial charge in [-0.2, -0.15) is 0 Å². The average molecular weight is 494 g/mol. The first-order valence-electron chi connectivity index (χ1n) is 11.3. The molecule has 0 aliphatic carbocycles. The molecule has 0 spiro atoms. The van der Waals surface area contributed by atoms with E-state index in [9.17, 15) is 4.79 Å². The first-order valence-corrected chi connectivity index (χ1v) is 11.7. The Kier molecular flexibility index (Phi) is 6.32. The molecule has 0 saturated carbocycles. The molecule has 0 bridgehead atoms. The summed E-state index contributed by atoms with van der Waals surface area (Å²) in [6.07, 6.45) is 6.48. The Bertz CT molecular complexity index is 1470. The van der Waals surface area contributed by atoms with Gasteiger partial charge in [0.1, 0.15) is 11.5 Å². The summed E-state index contributed by atoms with van der Waals surface area (Å²) in [4.78, 5) is 24.9. The maximum absolute atomic E-state index is 15.6. The smallest absolute Gasteiger partial charge is 0.255 e. The third kappa shape index (κ3) is 4.67. The van der Waals surface area contributed by atoms with Crippen molar-refractivity contribution in [1.29, 1.82) is 0 Å². The summed E-state index contributed by atoms with van der Waals surface area (Å²) < 4.78 is 22.3. The molecular formula is C26H25ClFN5O2. The Morgan fingerprint density at radius 3 is 2.74 bits per heavy atom. The van der Waals surface area contributed by atoms with Crippen molar-refractivity contribution >= 4 is 34.0 Å². The highest BCUT2D eigenvalue weighted by Gasteiger charge is 2.18. The number of pyridine rings is 2. The van der Waals surface area contributed by atoms with Crippen molar-refractivity contribution in [2.75, 3.05) is 45.3 Å². The molecule has 0 amide bonds. The molecule has 9 heteroatoms. The fraction of sp³-hybridized carbons (Fsp3) is 0.231. The maximum Gasteiger partial charge on any atom is 0.255 e. The number of anilines is 1. The third-order valence-corrected chi connectivity index (χ3v) is 6.18. The van der Waals surface area contributed by atoms with E-state index in [1.807, 2.05) is 26.2 Å². The number of nitrogens with one attached hydrogen (secondary N) is 1. The minimum atomic E-state index is -0.519. The number of H-pyrrole nitrogens is 1. The molecule has 1 aromatic carbocycles. The summed E-state index contributed by atoms with van der Waals surface area (Å²) in [6, 6.07) is 10.4. The Balaban J connectivity index is 1.60. The molecule has 35 heavy (non-hydrogen) atoms. The Labute approximate surface area is 207 Å². The molecule has 1 aliphatic rings. The molecule has 4 aromatic rings. The quantitative estimate of drug-likeness (QED) is 0.445. The predicted octanol–water partition coefficient (Wildman–Crippen LogP) is 4.43. The molecule has 1 fully saturated rings. The Morgan fingerprint density at radius 1 is 1.20 bits per heavy atom. The van der Waals surface area contributed by atoms with E-state index in [-0.39, 0.29) is 11.1 Å². The van der Waals surface area contributed by atoms with E-state index in [1.54, 1.807) is 41.7 Å². The first-order chi connectivity index (χ1) is 16.9. The van der Waals surface area contributed by atoms with Crippen LogP contribution in [-0.4, -0.2) is 59.8 Å². The number of ether oxygens (including phenoxy) is 1. The van der Waals surface area contributed by atoms with Crippen molar-refractivity contribution in [3.63, 3.8) is 0 Å². The van der Waals surface area contributed by atoms with Gasteiger partial charge < -0.3 is 19.5 Å². The van der Waals surface area contributed by atoms with Gasteiger partial charge in [-0.05, 0) is 18.2 Å². The van der Waals surface area contributed by atoms with Gasteiger partial charge in [-0.1, -0.05) is 23.7 Å². The van der Waals surface area contributed by atoms with Gasteiger partial charge in [-0.15, -0.1) is 0 Å². The van der Waals surface area contributed by atoms with E-state index in [2.05, 4.69) is 14.9 Å². The van der Waals surface area contributed by atoms with Gasteiger partial charge >= 0.3 is 0 Å². The maximum atomic E-state index is 15.6. The second-order valence-corrected chi connectivity index (χ2v) is 9.06. The van der Waals surface area contributed by atoms with Crippen molar-refractivity contribution in [3.8, 4) is 11.1 Å². The molecule has 1 N–H and O–H groups in total. The zero-order chi connectivity index (χ0) is 24.5. The van der Waals surface area contributed by atoms with Crippen LogP contribution < -0.4 is 10.5 Å². The molecule has 1 saturated heterocycles. The van der Waals surface area contributed by atoms with Crippen molar-refractivity contribution in [2.45, 2.75) is 0 Å². The third-order valence-electron chi connectivity index (χ3n) is 5.95. The number of aromatic nitrogens is 3. The monoisotopic (exact) mass is 493 g/mol. The number of benzene rings is 1. The lowest BCUT2D eigenvalue weighted by Crippen LogP contribution is -2.36. The van der Waals surface area contributed by atoms with Gasteiger partial charge in [0.25, 0.3) is 5.56 Å². The van der Waals surface area contributed by atoms with Crippen LogP contribution in [0.3, 0.4) is 0 Å². The van der Waals surface area contributed by atoms with Crippen molar-refractivity contribution in [3.05, 3.63) is 87.9 Å². The number of nitrogens with zero attached hydrogens (tertiary/aromatic N) is 4. The highest BCUT2D eigenvalue weighted by Crippen LogP contribution is 2.32. The first kappa shape index (κ1) is 23.1. The molecule has 0 radical (unpaired) electrons. The van der Waals surface area contributed by atoms with Crippen LogP contribution in [0.15, 0.2) is 66.0 Å². The van der Waals surface area contributed by atoms with Crippen molar-refractivity contribution in [2.24, 2.45) is 0 Å². The van der Waals surface area contributed by atoms with E-state index in [4.69, 9.17) is 16.3 Å². The molecule has 4 heterocycles. The normalized spacial score (nSPS) is 14.5. The lowest BCUT2D eigenvalue weighted by atomic mass is 10.1. The summed E-state index contributed by atoms with van der Waals surface area (Å²) in [6.45, 7) is 2.84. The molecule has 0 atom stereocenters. The molecular weight excluding hydrogens is 469 g/mol.